The number of carbonyl (C=O) groups excluding carboxylic acids is 1. The van der Waals surface area contributed by atoms with E-state index in [4.69, 9.17) is 5.73 Å². The van der Waals surface area contributed by atoms with Crippen molar-refractivity contribution in [3.8, 4) is 0 Å². The number of nitrogen functional groups attached to an aromatic ring is 1. The van der Waals surface area contributed by atoms with Gasteiger partial charge in [0, 0.05) is 30.9 Å². The number of nitrogens with two attached hydrogens (primary N) is 1. The van der Waals surface area contributed by atoms with Gasteiger partial charge >= 0.3 is 0 Å². The van der Waals surface area contributed by atoms with Gasteiger partial charge in [0.15, 0.2) is 0 Å². The van der Waals surface area contributed by atoms with Gasteiger partial charge in [-0.3, -0.25) is 4.79 Å². The van der Waals surface area contributed by atoms with Crippen molar-refractivity contribution in [2.45, 2.75) is 25.8 Å². The fourth-order valence-electron chi connectivity index (χ4n) is 2.70. The number of amides is 1. The molecule has 104 valence electrons. The monoisotopic (exact) mass is 261 g/mol. The van der Waals surface area contributed by atoms with Crippen molar-refractivity contribution in [3.63, 3.8) is 0 Å². The summed E-state index contributed by atoms with van der Waals surface area (Å²) >= 11 is 0. The minimum absolute atomic E-state index is 0.0742. The number of rotatable bonds is 2. The van der Waals surface area contributed by atoms with Crippen molar-refractivity contribution in [1.82, 2.24) is 9.80 Å². The third kappa shape index (κ3) is 2.89. The Morgan fingerprint density at radius 1 is 1.47 bits per heavy atom. The molecule has 0 bridgehead atoms. The highest BCUT2D eigenvalue weighted by atomic mass is 16.2. The lowest BCUT2D eigenvalue weighted by molar-refractivity contribution is 0.0643. The predicted octanol–water partition coefficient (Wildman–Crippen LogP) is 1.74. The van der Waals surface area contributed by atoms with Crippen LogP contribution in [0.2, 0.25) is 0 Å². The van der Waals surface area contributed by atoms with Crippen LogP contribution in [-0.4, -0.2) is 48.9 Å². The van der Waals surface area contributed by atoms with Crippen LogP contribution in [0.15, 0.2) is 18.2 Å². The van der Waals surface area contributed by atoms with Gasteiger partial charge in [-0.1, -0.05) is 6.07 Å². The highest BCUT2D eigenvalue weighted by Gasteiger charge is 2.26. The highest BCUT2D eigenvalue weighted by Crippen LogP contribution is 2.20. The largest absolute Gasteiger partial charge is 0.398 e. The molecule has 2 rings (SSSR count). The lowest BCUT2D eigenvalue weighted by atomic mass is 10.0. The Kier molecular flexibility index (Phi) is 4.10. The van der Waals surface area contributed by atoms with Crippen LogP contribution in [0.3, 0.4) is 0 Å². The van der Waals surface area contributed by atoms with Crippen molar-refractivity contribution < 1.29 is 4.79 Å². The first kappa shape index (κ1) is 13.9. The van der Waals surface area contributed by atoms with E-state index in [-0.39, 0.29) is 5.91 Å². The van der Waals surface area contributed by atoms with Crippen LogP contribution < -0.4 is 5.73 Å². The van der Waals surface area contributed by atoms with E-state index >= 15 is 0 Å². The second kappa shape index (κ2) is 5.61. The molecule has 4 nitrogen and oxygen atoms in total. The number of hydrogen-bond acceptors (Lipinski definition) is 3. The van der Waals surface area contributed by atoms with E-state index in [0.717, 1.165) is 37.1 Å². The summed E-state index contributed by atoms with van der Waals surface area (Å²) in [7, 11) is 4.00. The van der Waals surface area contributed by atoms with Crippen LogP contribution >= 0.6 is 0 Å². The summed E-state index contributed by atoms with van der Waals surface area (Å²) in [6.07, 6.45) is 2.22. The predicted molar refractivity (Wildman–Crippen MR) is 78.2 cm³/mol. The van der Waals surface area contributed by atoms with E-state index in [1.54, 1.807) is 0 Å². The highest BCUT2D eigenvalue weighted by molar-refractivity contribution is 5.96. The van der Waals surface area contributed by atoms with E-state index in [1.165, 1.54) is 0 Å². The van der Waals surface area contributed by atoms with Gasteiger partial charge < -0.3 is 15.5 Å². The Labute approximate surface area is 115 Å². The molecule has 1 aromatic rings. The first-order chi connectivity index (χ1) is 9.00. The first-order valence-corrected chi connectivity index (χ1v) is 6.81. The van der Waals surface area contributed by atoms with Crippen molar-refractivity contribution in [2.24, 2.45) is 0 Å². The topological polar surface area (TPSA) is 49.6 Å². The van der Waals surface area contributed by atoms with E-state index in [1.807, 2.05) is 37.1 Å². The zero-order chi connectivity index (χ0) is 14.0. The van der Waals surface area contributed by atoms with E-state index < -0.39 is 0 Å². The van der Waals surface area contributed by atoms with E-state index in [2.05, 4.69) is 11.9 Å². The molecule has 1 aromatic carbocycles. The number of hydrogen-bond donors (Lipinski definition) is 1. The van der Waals surface area contributed by atoms with Crippen LogP contribution in [0.25, 0.3) is 0 Å². The summed E-state index contributed by atoms with van der Waals surface area (Å²) in [5, 5.41) is 0. The Morgan fingerprint density at radius 3 is 2.89 bits per heavy atom. The smallest absolute Gasteiger partial charge is 0.254 e. The number of benzene rings is 1. The molecule has 1 unspecified atom stereocenters. The zero-order valence-corrected chi connectivity index (χ0v) is 12.0. The van der Waals surface area contributed by atoms with Crippen molar-refractivity contribution in [3.05, 3.63) is 29.3 Å². The molecular formula is C15H23N3O. The van der Waals surface area contributed by atoms with Gasteiger partial charge in [0.25, 0.3) is 5.91 Å². The Bertz CT molecular complexity index is 472. The molecular weight excluding hydrogens is 238 g/mol. The summed E-state index contributed by atoms with van der Waals surface area (Å²) < 4.78 is 0. The first-order valence-electron chi connectivity index (χ1n) is 6.81. The number of piperidine rings is 1. The number of anilines is 1. The molecule has 0 aliphatic carbocycles. The standard InChI is InChI=1S/C15H23N3O/c1-11-13(7-4-8-14(11)16)15(19)18(3)12-6-5-9-17(2)10-12/h4,7-8,12H,5-6,9-10,16H2,1-3H3. The second-order valence-electron chi connectivity index (χ2n) is 5.49. The molecule has 4 heteroatoms. The maximum absolute atomic E-state index is 12.6. The summed E-state index contributed by atoms with van der Waals surface area (Å²) in [5.41, 5.74) is 8.16. The average molecular weight is 261 g/mol. The lowest BCUT2D eigenvalue weighted by Crippen LogP contribution is -2.47. The molecule has 1 atom stereocenters. The zero-order valence-electron chi connectivity index (χ0n) is 12.0. The molecule has 0 spiro atoms. The molecule has 1 amide bonds. The Hall–Kier alpha value is -1.55. The molecule has 1 aliphatic heterocycles. The third-order valence-corrected chi connectivity index (χ3v) is 4.07. The summed E-state index contributed by atoms with van der Waals surface area (Å²) in [6, 6.07) is 5.83. The van der Waals surface area contributed by atoms with E-state index in [0.29, 0.717) is 11.7 Å². The van der Waals surface area contributed by atoms with Gasteiger partial charge in [0.1, 0.15) is 0 Å². The molecule has 0 aromatic heterocycles. The SMILES string of the molecule is Cc1c(N)cccc1C(=O)N(C)C1CCCN(C)C1. The van der Waals surface area contributed by atoms with E-state index in [9.17, 15) is 4.79 Å². The minimum Gasteiger partial charge on any atom is -0.398 e. The molecule has 1 fully saturated rings. The van der Waals surface area contributed by atoms with Gasteiger partial charge in [0.2, 0.25) is 0 Å². The van der Waals surface area contributed by atoms with Gasteiger partial charge in [-0.15, -0.1) is 0 Å². The molecule has 1 heterocycles. The molecule has 0 saturated carbocycles. The van der Waals surface area contributed by atoms with Crippen molar-refractivity contribution in [2.75, 3.05) is 32.9 Å². The number of likely N-dealkylation sites (N-methyl/N-ethyl adjacent to an activating group) is 2. The normalized spacial score (nSPS) is 20.3. The van der Waals surface area contributed by atoms with Crippen LogP contribution in [0.4, 0.5) is 5.69 Å². The average Bonchev–Trinajstić information content (AvgIpc) is 2.40. The van der Waals surface area contributed by atoms with Crippen molar-refractivity contribution >= 4 is 11.6 Å². The molecule has 19 heavy (non-hydrogen) atoms. The van der Waals surface area contributed by atoms with Crippen LogP contribution in [-0.2, 0) is 0 Å². The van der Waals surface area contributed by atoms with Crippen LogP contribution in [0, 0.1) is 6.92 Å². The quantitative estimate of drug-likeness (QED) is 0.825. The minimum atomic E-state index is 0.0742. The molecule has 0 radical (unpaired) electrons. The number of likely N-dealkylation sites (tertiary alicyclic amines) is 1. The maximum Gasteiger partial charge on any atom is 0.254 e. The second-order valence-corrected chi connectivity index (χ2v) is 5.49. The fourth-order valence-corrected chi connectivity index (χ4v) is 2.70. The van der Waals surface area contributed by atoms with Crippen LogP contribution in [0.5, 0.6) is 0 Å². The molecule has 1 aliphatic rings. The van der Waals surface area contributed by atoms with Crippen LogP contribution in [0.1, 0.15) is 28.8 Å². The molecule has 2 N–H and O–H groups in total. The molecule has 1 saturated heterocycles. The number of nitrogens with zero attached hydrogens (tertiary/aromatic N) is 2. The van der Waals surface area contributed by atoms with Gasteiger partial charge in [0.05, 0.1) is 0 Å². The van der Waals surface area contributed by atoms with Gasteiger partial charge in [-0.2, -0.15) is 0 Å². The summed E-state index contributed by atoms with van der Waals surface area (Å²) in [6.45, 7) is 3.98. The van der Waals surface area contributed by atoms with Gasteiger partial charge in [-0.05, 0) is 51.1 Å². The number of carbonyl (C=O) groups is 1. The van der Waals surface area contributed by atoms with Gasteiger partial charge in [-0.25, -0.2) is 0 Å². The Morgan fingerprint density at radius 2 is 2.21 bits per heavy atom. The third-order valence-electron chi connectivity index (χ3n) is 4.07. The fraction of sp³-hybridized carbons (Fsp3) is 0.533. The summed E-state index contributed by atoms with van der Waals surface area (Å²) in [4.78, 5) is 16.7. The summed E-state index contributed by atoms with van der Waals surface area (Å²) in [5.74, 6) is 0.0742. The lowest BCUT2D eigenvalue weighted by Gasteiger charge is -2.36. The maximum atomic E-state index is 12.6. The van der Waals surface area contributed by atoms with Crippen molar-refractivity contribution in [1.29, 1.82) is 0 Å². The Balaban J connectivity index is 2.16.